The van der Waals surface area contributed by atoms with Gasteiger partial charge >= 0.3 is 6.03 Å². The standard InChI is InChI=1S/C14H18N2O2/c1-9(2)6-13(17)10-4-5-12-11(7-10)8-16(3)14(18)15-12/h4-5,7,9H,6,8H2,1-3H3,(H,15,18). The number of carbonyl (C=O) groups excluding carboxylic acids is 2. The number of Topliss-reactive ketones (excluding diaryl/α,β-unsaturated/α-hetero) is 1. The lowest BCUT2D eigenvalue weighted by atomic mass is 9.98. The second-order valence-electron chi connectivity index (χ2n) is 5.18. The van der Waals surface area contributed by atoms with Crippen LogP contribution in [-0.4, -0.2) is 23.8 Å². The molecule has 0 spiro atoms. The van der Waals surface area contributed by atoms with Gasteiger partial charge in [0.25, 0.3) is 0 Å². The van der Waals surface area contributed by atoms with E-state index < -0.39 is 0 Å². The number of carbonyl (C=O) groups is 2. The molecule has 0 unspecified atom stereocenters. The van der Waals surface area contributed by atoms with Crippen LogP contribution in [-0.2, 0) is 6.54 Å². The summed E-state index contributed by atoms with van der Waals surface area (Å²) in [5.41, 5.74) is 2.53. The van der Waals surface area contributed by atoms with E-state index in [-0.39, 0.29) is 11.8 Å². The zero-order chi connectivity index (χ0) is 13.3. The zero-order valence-corrected chi connectivity index (χ0v) is 11.0. The monoisotopic (exact) mass is 246 g/mol. The molecule has 0 bridgehead atoms. The van der Waals surface area contributed by atoms with Crippen LogP contribution in [0.1, 0.15) is 36.2 Å². The summed E-state index contributed by atoms with van der Waals surface area (Å²) in [6, 6.07) is 5.38. The summed E-state index contributed by atoms with van der Waals surface area (Å²) in [5.74, 6) is 0.517. The number of nitrogens with zero attached hydrogens (tertiary/aromatic N) is 1. The highest BCUT2D eigenvalue weighted by molar-refractivity contribution is 5.98. The maximum atomic E-state index is 12.0. The molecule has 1 N–H and O–H groups in total. The number of anilines is 1. The molecule has 2 rings (SSSR count). The van der Waals surface area contributed by atoms with Crippen molar-refractivity contribution in [3.63, 3.8) is 0 Å². The Kier molecular flexibility index (Phi) is 3.36. The van der Waals surface area contributed by atoms with Gasteiger partial charge in [-0.2, -0.15) is 0 Å². The third-order valence-corrected chi connectivity index (χ3v) is 3.02. The van der Waals surface area contributed by atoms with Crippen LogP contribution in [0.15, 0.2) is 18.2 Å². The summed E-state index contributed by atoms with van der Waals surface area (Å²) in [5, 5.41) is 2.79. The Balaban J connectivity index is 2.25. The maximum Gasteiger partial charge on any atom is 0.321 e. The smallest absolute Gasteiger partial charge is 0.321 e. The number of benzene rings is 1. The van der Waals surface area contributed by atoms with Gasteiger partial charge in [0.1, 0.15) is 0 Å². The molecule has 2 amide bonds. The summed E-state index contributed by atoms with van der Waals surface area (Å²) in [4.78, 5) is 25.1. The average Bonchev–Trinajstić information content (AvgIpc) is 2.29. The van der Waals surface area contributed by atoms with Crippen LogP contribution < -0.4 is 5.32 Å². The van der Waals surface area contributed by atoms with Crippen molar-refractivity contribution >= 4 is 17.5 Å². The minimum absolute atomic E-state index is 0.108. The SMILES string of the molecule is CC(C)CC(=O)c1ccc2c(c1)CN(C)C(=O)N2. The van der Waals surface area contributed by atoms with Crippen molar-refractivity contribution < 1.29 is 9.59 Å². The molecule has 96 valence electrons. The summed E-state index contributed by atoms with van der Waals surface area (Å²) in [7, 11) is 1.74. The van der Waals surface area contributed by atoms with E-state index in [2.05, 4.69) is 5.32 Å². The van der Waals surface area contributed by atoms with E-state index in [1.807, 2.05) is 26.0 Å². The number of hydrogen-bond acceptors (Lipinski definition) is 2. The van der Waals surface area contributed by atoms with E-state index in [1.54, 1.807) is 18.0 Å². The first kappa shape index (κ1) is 12.6. The van der Waals surface area contributed by atoms with E-state index in [0.29, 0.717) is 18.9 Å². The van der Waals surface area contributed by atoms with E-state index in [0.717, 1.165) is 16.8 Å². The molecule has 0 saturated heterocycles. The van der Waals surface area contributed by atoms with Crippen LogP contribution in [0, 0.1) is 5.92 Å². The van der Waals surface area contributed by atoms with Crippen molar-refractivity contribution in [3.05, 3.63) is 29.3 Å². The molecular formula is C14H18N2O2. The maximum absolute atomic E-state index is 12.0. The number of rotatable bonds is 3. The van der Waals surface area contributed by atoms with Crippen molar-refractivity contribution in [2.45, 2.75) is 26.8 Å². The number of hydrogen-bond donors (Lipinski definition) is 1. The molecule has 0 atom stereocenters. The van der Waals surface area contributed by atoms with Gasteiger partial charge < -0.3 is 10.2 Å². The van der Waals surface area contributed by atoms with Crippen molar-refractivity contribution in [1.29, 1.82) is 0 Å². The van der Waals surface area contributed by atoms with Crippen LogP contribution in [0.3, 0.4) is 0 Å². The third-order valence-electron chi connectivity index (χ3n) is 3.02. The largest absolute Gasteiger partial charge is 0.323 e. The molecule has 4 nitrogen and oxygen atoms in total. The molecule has 0 radical (unpaired) electrons. The minimum Gasteiger partial charge on any atom is -0.323 e. The summed E-state index contributed by atoms with van der Waals surface area (Å²) in [6.07, 6.45) is 0.557. The van der Waals surface area contributed by atoms with Crippen molar-refractivity contribution in [3.8, 4) is 0 Å². The first-order chi connectivity index (χ1) is 8.47. The van der Waals surface area contributed by atoms with E-state index >= 15 is 0 Å². The van der Waals surface area contributed by atoms with Gasteiger partial charge in [-0.1, -0.05) is 13.8 Å². The molecule has 0 aromatic heterocycles. The summed E-state index contributed by atoms with van der Waals surface area (Å²) < 4.78 is 0. The second-order valence-corrected chi connectivity index (χ2v) is 5.18. The Hall–Kier alpha value is -1.84. The zero-order valence-electron chi connectivity index (χ0n) is 11.0. The van der Waals surface area contributed by atoms with Crippen molar-refractivity contribution in [2.24, 2.45) is 5.92 Å². The Morgan fingerprint density at radius 1 is 1.44 bits per heavy atom. The molecular weight excluding hydrogens is 228 g/mol. The quantitative estimate of drug-likeness (QED) is 0.834. The molecule has 0 saturated carbocycles. The topological polar surface area (TPSA) is 49.4 Å². The third kappa shape index (κ3) is 2.53. The molecule has 0 fully saturated rings. The van der Waals surface area contributed by atoms with Gasteiger partial charge in [0, 0.05) is 31.3 Å². The fourth-order valence-electron chi connectivity index (χ4n) is 2.05. The lowest BCUT2D eigenvalue weighted by Gasteiger charge is -2.26. The number of ketones is 1. The van der Waals surface area contributed by atoms with Crippen molar-refractivity contribution in [2.75, 3.05) is 12.4 Å². The lowest BCUT2D eigenvalue weighted by Crippen LogP contribution is -2.35. The highest BCUT2D eigenvalue weighted by atomic mass is 16.2. The number of amides is 2. The molecule has 18 heavy (non-hydrogen) atoms. The Morgan fingerprint density at radius 2 is 2.17 bits per heavy atom. The fourth-order valence-corrected chi connectivity index (χ4v) is 2.05. The Labute approximate surface area is 107 Å². The fraction of sp³-hybridized carbons (Fsp3) is 0.429. The van der Waals surface area contributed by atoms with Gasteiger partial charge in [-0.25, -0.2) is 4.79 Å². The van der Waals surface area contributed by atoms with Crippen LogP contribution in [0.2, 0.25) is 0 Å². The molecule has 1 heterocycles. The molecule has 1 aliphatic rings. The normalized spacial score (nSPS) is 14.4. The minimum atomic E-state index is -0.108. The first-order valence-corrected chi connectivity index (χ1v) is 6.15. The van der Waals surface area contributed by atoms with E-state index in [9.17, 15) is 9.59 Å². The van der Waals surface area contributed by atoms with Crippen LogP contribution in [0.5, 0.6) is 0 Å². The molecule has 1 aromatic rings. The summed E-state index contributed by atoms with van der Waals surface area (Å²) in [6.45, 7) is 4.61. The van der Waals surface area contributed by atoms with Gasteiger partial charge in [0.05, 0.1) is 0 Å². The van der Waals surface area contributed by atoms with Gasteiger partial charge in [-0.3, -0.25) is 4.79 Å². The van der Waals surface area contributed by atoms with Gasteiger partial charge in [0.2, 0.25) is 0 Å². The van der Waals surface area contributed by atoms with Crippen LogP contribution >= 0.6 is 0 Å². The first-order valence-electron chi connectivity index (χ1n) is 6.15. The summed E-state index contributed by atoms with van der Waals surface area (Å²) >= 11 is 0. The Morgan fingerprint density at radius 3 is 2.83 bits per heavy atom. The number of nitrogens with one attached hydrogen (secondary N) is 1. The van der Waals surface area contributed by atoms with E-state index in [4.69, 9.17) is 0 Å². The van der Waals surface area contributed by atoms with Crippen molar-refractivity contribution in [1.82, 2.24) is 4.90 Å². The highest BCUT2D eigenvalue weighted by Crippen LogP contribution is 2.24. The molecule has 1 aliphatic heterocycles. The molecule has 4 heteroatoms. The van der Waals surface area contributed by atoms with Gasteiger partial charge in [0.15, 0.2) is 5.78 Å². The van der Waals surface area contributed by atoms with Crippen LogP contribution in [0.25, 0.3) is 0 Å². The number of fused-ring (bicyclic) bond motifs is 1. The van der Waals surface area contributed by atoms with Gasteiger partial charge in [-0.15, -0.1) is 0 Å². The van der Waals surface area contributed by atoms with Gasteiger partial charge in [-0.05, 0) is 29.7 Å². The highest BCUT2D eigenvalue weighted by Gasteiger charge is 2.20. The predicted octanol–water partition coefficient (Wildman–Crippen LogP) is 2.89. The lowest BCUT2D eigenvalue weighted by molar-refractivity contribution is 0.0967. The molecule has 1 aromatic carbocycles. The Bertz CT molecular complexity index is 495. The van der Waals surface area contributed by atoms with Crippen LogP contribution in [0.4, 0.5) is 10.5 Å². The average molecular weight is 246 g/mol. The molecule has 0 aliphatic carbocycles. The number of urea groups is 1. The van der Waals surface area contributed by atoms with E-state index in [1.165, 1.54) is 0 Å². The second kappa shape index (κ2) is 4.80. The predicted molar refractivity (Wildman–Crippen MR) is 70.7 cm³/mol.